The summed E-state index contributed by atoms with van der Waals surface area (Å²) in [7, 11) is 1.66. The van der Waals surface area contributed by atoms with Crippen LogP contribution in [-0.4, -0.2) is 27.8 Å². The molecule has 0 spiro atoms. The Labute approximate surface area is 131 Å². The van der Waals surface area contributed by atoms with Gasteiger partial charge in [0.05, 0.1) is 12.4 Å². The molecule has 20 heavy (non-hydrogen) atoms. The van der Waals surface area contributed by atoms with E-state index in [0.717, 1.165) is 5.56 Å². The van der Waals surface area contributed by atoms with Crippen molar-refractivity contribution in [1.82, 2.24) is 14.9 Å². The van der Waals surface area contributed by atoms with Gasteiger partial charge in [-0.15, -0.1) is 0 Å². The van der Waals surface area contributed by atoms with Crippen LogP contribution in [0.15, 0.2) is 30.6 Å². The van der Waals surface area contributed by atoms with Gasteiger partial charge in [-0.2, -0.15) is 0 Å². The summed E-state index contributed by atoms with van der Waals surface area (Å²) in [6.07, 6.45) is 2.67. The van der Waals surface area contributed by atoms with Crippen molar-refractivity contribution in [1.29, 1.82) is 0 Å². The van der Waals surface area contributed by atoms with Gasteiger partial charge >= 0.3 is 0 Å². The van der Waals surface area contributed by atoms with Crippen LogP contribution in [0.4, 0.5) is 0 Å². The first-order valence-electron chi connectivity index (χ1n) is 5.64. The third-order valence-electron chi connectivity index (χ3n) is 2.61. The molecule has 0 aliphatic rings. The number of amides is 1. The van der Waals surface area contributed by atoms with Crippen molar-refractivity contribution in [3.05, 3.63) is 57.0 Å². The molecule has 0 aliphatic heterocycles. The van der Waals surface area contributed by atoms with Crippen molar-refractivity contribution in [2.75, 3.05) is 7.05 Å². The number of carbonyl (C=O) groups excluding carboxylic acids is 1. The Morgan fingerprint density at radius 1 is 1.20 bits per heavy atom. The summed E-state index contributed by atoms with van der Waals surface area (Å²) in [6.45, 7) is 0.346. The van der Waals surface area contributed by atoms with Crippen molar-refractivity contribution < 1.29 is 4.79 Å². The van der Waals surface area contributed by atoms with Gasteiger partial charge in [-0.1, -0.05) is 40.9 Å². The summed E-state index contributed by atoms with van der Waals surface area (Å²) in [5.41, 5.74) is 1.02. The quantitative estimate of drug-likeness (QED) is 0.862. The highest BCUT2D eigenvalue weighted by molar-refractivity contribution is 6.35. The fourth-order valence-corrected chi connectivity index (χ4v) is 2.16. The molecule has 1 aromatic heterocycles. The molecule has 1 amide bonds. The molecular formula is C13H10Cl3N3O. The van der Waals surface area contributed by atoms with Crippen molar-refractivity contribution >= 4 is 40.7 Å². The molecule has 1 aromatic carbocycles. The van der Waals surface area contributed by atoms with Crippen LogP contribution >= 0.6 is 34.8 Å². The number of carbonyl (C=O) groups is 1. The van der Waals surface area contributed by atoms with Gasteiger partial charge in [0.1, 0.15) is 10.8 Å². The standard InChI is InChI=1S/C13H10Cl3N3O/c1-19(7-8-2-3-9(14)4-10(8)15)13(20)11-5-18-12(16)6-17-11/h2-6H,7H2,1H3. The number of nitrogens with zero attached hydrogens (tertiary/aromatic N) is 3. The molecular weight excluding hydrogens is 321 g/mol. The lowest BCUT2D eigenvalue weighted by molar-refractivity contribution is 0.0779. The van der Waals surface area contributed by atoms with E-state index in [9.17, 15) is 4.79 Å². The molecule has 0 aliphatic carbocycles. The average molecular weight is 331 g/mol. The fourth-order valence-electron chi connectivity index (χ4n) is 1.60. The van der Waals surface area contributed by atoms with Gasteiger partial charge in [0.2, 0.25) is 0 Å². The zero-order chi connectivity index (χ0) is 14.7. The Bertz CT molecular complexity index is 631. The summed E-state index contributed by atoms with van der Waals surface area (Å²) in [5, 5.41) is 1.31. The van der Waals surface area contributed by atoms with E-state index in [1.54, 1.807) is 25.2 Å². The van der Waals surface area contributed by atoms with Gasteiger partial charge in [-0.25, -0.2) is 9.97 Å². The lowest BCUT2D eigenvalue weighted by Gasteiger charge is -2.17. The number of rotatable bonds is 3. The predicted molar refractivity (Wildman–Crippen MR) is 79.3 cm³/mol. The lowest BCUT2D eigenvalue weighted by atomic mass is 10.2. The third kappa shape index (κ3) is 3.60. The van der Waals surface area contributed by atoms with E-state index in [2.05, 4.69) is 9.97 Å². The molecule has 4 nitrogen and oxygen atoms in total. The van der Waals surface area contributed by atoms with E-state index in [4.69, 9.17) is 34.8 Å². The van der Waals surface area contributed by atoms with E-state index in [1.165, 1.54) is 17.3 Å². The summed E-state index contributed by atoms with van der Waals surface area (Å²) < 4.78 is 0. The van der Waals surface area contributed by atoms with Gasteiger partial charge in [0.15, 0.2) is 0 Å². The van der Waals surface area contributed by atoms with Crippen LogP contribution in [0.25, 0.3) is 0 Å². The minimum atomic E-state index is -0.264. The smallest absolute Gasteiger partial charge is 0.274 e. The Balaban J connectivity index is 2.13. The molecule has 0 bridgehead atoms. The van der Waals surface area contributed by atoms with Crippen LogP contribution in [0, 0.1) is 0 Å². The fraction of sp³-hybridized carbons (Fsp3) is 0.154. The highest BCUT2D eigenvalue weighted by Crippen LogP contribution is 2.22. The van der Waals surface area contributed by atoms with Gasteiger partial charge in [-0.05, 0) is 17.7 Å². The molecule has 2 rings (SSSR count). The second-order valence-electron chi connectivity index (χ2n) is 4.12. The summed E-state index contributed by atoms with van der Waals surface area (Å²) in [5.74, 6) is -0.264. The maximum Gasteiger partial charge on any atom is 0.274 e. The van der Waals surface area contributed by atoms with Crippen LogP contribution in [0.3, 0.4) is 0 Å². The minimum Gasteiger partial charge on any atom is -0.336 e. The van der Waals surface area contributed by atoms with Crippen molar-refractivity contribution in [2.45, 2.75) is 6.54 Å². The molecule has 104 valence electrons. The van der Waals surface area contributed by atoms with E-state index >= 15 is 0 Å². The Morgan fingerprint density at radius 3 is 2.55 bits per heavy atom. The number of hydrogen-bond donors (Lipinski definition) is 0. The lowest BCUT2D eigenvalue weighted by Crippen LogP contribution is -2.27. The minimum absolute atomic E-state index is 0.224. The summed E-state index contributed by atoms with van der Waals surface area (Å²) in [6, 6.07) is 5.14. The third-order valence-corrected chi connectivity index (χ3v) is 3.39. The molecule has 0 saturated heterocycles. The first-order valence-corrected chi connectivity index (χ1v) is 6.77. The van der Waals surface area contributed by atoms with E-state index < -0.39 is 0 Å². The predicted octanol–water partition coefficient (Wildman–Crippen LogP) is 3.71. The van der Waals surface area contributed by atoms with Crippen LogP contribution in [0.1, 0.15) is 16.1 Å². The molecule has 0 fully saturated rings. The van der Waals surface area contributed by atoms with Crippen LogP contribution in [-0.2, 0) is 6.54 Å². The number of aromatic nitrogens is 2. The second-order valence-corrected chi connectivity index (χ2v) is 5.35. The van der Waals surface area contributed by atoms with Crippen LogP contribution < -0.4 is 0 Å². The molecule has 1 heterocycles. The molecule has 0 atom stereocenters. The molecule has 0 saturated carbocycles. The topological polar surface area (TPSA) is 46.1 Å². The van der Waals surface area contributed by atoms with Crippen molar-refractivity contribution in [3.8, 4) is 0 Å². The summed E-state index contributed by atoms with van der Waals surface area (Å²) in [4.78, 5) is 21.4. The Hall–Kier alpha value is -1.36. The van der Waals surface area contributed by atoms with Gasteiger partial charge in [0, 0.05) is 23.6 Å². The highest BCUT2D eigenvalue weighted by atomic mass is 35.5. The SMILES string of the molecule is CN(Cc1ccc(Cl)cc1Cl)C(=O)c1cnc(Cl)cn1. The number of hydrogen-bond acceptors (Lipinski definition) is 3. The Morgan fingerprint density at radius 2 is 1.95 bits per heavy atom. The number of benzene rings is 1. The molecule has 2 aromatic rings. The maximum absolute atomic E-state index is 12.1. The number of halogens is 3. The normalized spacial score (nSPS) is 10.4. The van der Waals surface area contributed by atoms with E-state index in [-0.39, 0.29) is 16.8 Å². The van der Waals surface area contributed by atoms with Gasteiger partial charge in [-0.3, -0.25) is 4.79 Å². The molecule has 0 N–H and O–H groups in total. The molecule has 0 unspecified atom stereocenters. The molecule has 0 radical (unpaired) electrons. The Kier molecular flexibility index (Phi) is 4.81. The largest absolute Gasteiger partial charge is 0.336 e. The van der Waals surface area contributed by atoms with E-state index in [1.807, 2.05) is 0 Å². The van der Waals surface area contributed by atoms with Crippen LogP contribution in [0.5, 0.6) is 0 Å². The van der Waals surface area contributed by atoms with Gasteiger partial charge in [0.25, 0.3) is 5.91 Å². The highest BCUT2D eigenvalue weighted by Gasteiger charge is 2.15. The summed E-state index contributed by atoms with van der Waals surface area (Å²) >= 11 is 17.5. The van der Waals surface area contributed by atoms with Gasteiger partial charge < -0.3 is 4.90 Å². The molecule has 7 heteroatoms. The first-order chi connectivity index (χ1) is 9.47. The van der Waals surface area contributed by atoms with Crippen LogP contribution in [0.2, 0.25) is 15.2 Å². The zero-order valence-electron chi connectivity index (χ0n) is 10.5. The first kappa shape index (κ1) is 15.0. The van der Waals surface area contributed by atoms with E-state index in [0.29, 0.717) is 16.6 Å². The van der Waals surface area contributed by atoms with Crippen molar-refractivity contribution in [2.24, 2.45) is 0 Å². The second kappa shape index (κ2) is 6.39. The van der Waals surface area contributed by atoms with Crippen molar-refractivity contribution in [3.63, 3.8) is 0 Å². The average Bonchev–Trinajstić information content (AvgIpc) is 2.42. The monoisotopic (exact) mass is 329 g/mol. The zero-order valence-corrected chi connectivity index (χ0v) is 12.7. The maximum atomic E-state index is 12.1.